The minimum Gasteiger partial charge on any atom is -0.320 e. The van der Waals surface area contributed by atoms with Gasteiger partial charge in [0.05, 0.1) is 5.69 Å². The van der Waals surface area contributed by atoms with Crippen molar-refractivity contribution >= 4 is 17.2 Å². The number of carbonyl (C=O) groups is 1. The molecule has 4 heteroatoms. The highest BCUT2D eigenvalue weighted by molar-refractivity contribution is 6.05. The number of nitrogens with zero attached hydrogens (tertiary/aromatic N) is 2. The van der Waals surface area contributed by atoms with E-state index in [2.05, 4.69) is 37.1 Å². The average Bonchev–Trinajstić information content (AvgIpc) is 2.92. The molecule has 0 aliphatic heterocycles. The molecule has 1 amide bonds. The Balaban J connectivity index is 2.04. The maximum atomic E-state index is 13.1. The van der Waals surface area contributed by atoms with Gasteiger partial charge in [0.15, 0.2) is 0 Å². The molecule has 0 saturated carbocycles. The van der Waals surface area contributed by atoms with Gasteiger partial charge in [0.2, 0.25) is 0 Å². The Hall–Kier alpha value is -2.62. The molecule has 0 aliphatic rings. The third-order valence-corrected chi connectivity index (χ3v) is 4.39. The number of rotatable bonds is 5. The molecule has 2 heterocycles. The first kappa shape index (κ1) is 17.2. The second kappa shape index (κ2) is 7.09. The van der Waals surface area contributed by atoms with Crippen LogP contribution in [-0.4, -0.2) is 15.3 Å². The number of hydrogen-bond donors (Lipinski definition) is 1. The Bertz CT molecular complexity index is 909. The quantitative estimate of drug-likeness (QED) is 0.715. The van der Waals surface area contributed by atoms with E-state index in [-0.39, 0.29) is 5.91 Å². The molecule has 2 aromatic heterocycles. The van der Waals surface area contributed by atoms with Crippen molar-refractivity contribution in [1.29, 1.82) is 0 Å². The van der Waals surface area contributed by atoms with Crippen molar-refractivity contribution in [2.75, 3.05) is 5.32 Å². The third-order valence-electron chi connectivity index (χ3n) is 4.39. The smallest absolute Gasteiger partial charge is 0.274 e. The zero-order valence-corrected chi connectivity index (χ0v) is 15.3. The van der Waals surface area contributed by atoms with E-state index < -0.39 is 0 Å². The first-order valence-corrected chi connectivity index (χ1v) is 8.89. The van der Waals surface area contributed by atoms with E-state index in [4.69, 9.17) is 0 Å². The van der Waals surface area contributed by atoms with Crippen molar-refractivity contribution in [2.24, 2.45) is 0 Å². The second-order valence-electron chi connectivity index (χ2n) is 6.79. The largest absolute Gasteiger partial charge is 0.320 e. The van der Waals surface area contributed by atoms with Crippen LogP contribution in [0.5, 0.6) is 0 Å². The first-order valence-electron chi connectivity index (χ1n) is 8.89. The Labute approximate surface area is 148 Å². The second-order valence-corrected chi connectivity index (χ2v) is 6.79. The van der Waals surface area contributed by atoms with E-state index in [9.17, 15) is 4.79 Å². The number of benzene rings is 1. The van der Waals surface area contributed by atoms with Crippen LogP contribution in [0, 0.1) is 6.92 Å². The van der Waals surface area contributed by atoms with Gasteiger partial charge >= 0.3 is 0 Å². The summed E-state index contributed by atoms with van der Waals surface area (Å²) in [5, 5.41) is 3.10. The first-order chi connectivity index (χ1) is 12.0. The highest BCUT2D eigenvalue weighted by Gasteiger charge is 2.20. The predicted molar refractivity (Wildman–Crippen MR) is 102 cm³/mol. The van der Waals surface area contributed by atoms with E-state index in [1.807, 2.05) is 47.9 Å². The molecule has 0 aliphatic carbocycles. The monoisotopic (exact) mass is 335 g/mol. The van der Waals surface area contributed by atoms with Gasteiger partial charge in [-0.3, -0.25) is 9.20 Å². The van der Waals surface area contributed by atoms with Crippen LogP contribution < -0.4 is 5.32 Å². The van der Waals surface area contributed by atoms with Gasteiger partial charge in [-0.2, -0.15) is 0 Å². The number of pyridine rings is 1. The number of aromatic nitrogens is 2. The van der Waals surface area contributed by atoms with Crippen LogP contribution in [0.1, 0.15) is 60.4 Å². The molecule has 3 rings (SSSR count). The number of nitrogens with one attached hydrogen (secondary N) is 1. The summed E-state index contributed by atoms with van der Waals surface area (Å²) in [6.07, 6.45) is 3.67. The molecule has 0 saturated heterocycles. The molecule has 0 unspecified atom stereocenters. The van der Waals surface area contributed by atoms with Gasteiger partial charge in [-0.1, -0.05) is 45.4 Å². The molecule has 0 atom stereocenters. The van der Waals surface area contributed by atoms with Crippen molar-refractivity contribution in [3.63, 3.8) is 0 Å². The van der Waals surface area contributed by atoms with Gasteiger partial charge in [0, 0.05) is 11.9 Å². The van der Waals surface area contributed by atoms with E-state index in [0.717, 1.165) is 41.0 Å². The van der Waals surface area contributed by atoms with E-state index in [1.165, 1.54) is 0 Å². The number of imidazole rings is 1. The van der Waals surface area contributed by atoms with Gasteiger partial charge in [0.25, 0.3) is 5.91 Å². The molecule has 130 valence electrons. The molecule has 1 N–H and O–H groups in total. The molecule has 1 aromatic carbocycles. The van der Waals surface area contributed by atoms with Gasteiger partial charge in [0.1, 0.15) is 11.3 Å². The molecule has 0 spiro atoms. The fourth-order valence-electron chi connectivity index (χ4n) is 3.14. The maximum absolute atomic E-state index is 13.1. The standard InChI is InChI=1S/C21H25N3O/c1-5-8-18-20(24-12-11-15(4)13-19(24)22-18)21(25)23-17-10-7-6-9-16(17)14(2)3/h6-7,9-14H,5,8H2,1-4H3,(H,23,25). The van der Waals surface area contributed by atoms with E-state index >= 15 is 0 Å². The van der Waals surface area contributed by atoms with Crippen LogP contribution in [-0.2, 0) is 6.42 Å². The minimum atomic E-state index is -0.104. The zero-order chi connectivity index (χ0) is 18.0. The summed E-state index contributed by atoms with van der Waals surface area (Å²) >= 11 is 0. The van der Waals surface area contributed by atoms with Crippen LogP contribution in [0.3, 0.4) is 0 Å². The van der Waals surface area contributed by atoms with Gasteiger partial charge in [-0.15, -0.1) is 0 Å². The fourth-order valence-corrected chi connectivity index (χ4v) is 3.14. The maximum Gasteiger partial charge on any atom is 0.274 e. The summed E-state index contributed by atoms with van der Waals surface area (Å²) in [7, 11) is 0. The Morgan fingerprint density at radius 2 is 2.00 bits per heavy atom. The van der Waals surface area contributed by atoms with Gasteiger partial charge < -0.3 is 5.32 Å². The summed E-state index contributed by atoms with van der Waals surface area (Å²) in [5.74, 6) is 0.240. The molecule has 4 nitrogen and oxygen atoms in total. The zero-order valence-electron chi connectivity index (χ0n) is 15.3. The van der Waals surface area contributed by atoms with Crippen molar-refractivity contribution in [3.8, 4) is 0 Å². The number of hydrogen-bond acceptors (Lipinski definition) is 2. The van der Waals surface area contributed by atoms with E-state index in [1.54, 1.807) is 0 Å². The van der Waals surface area contributed by atoms with Crippen molar-refractivity contribution in [2.45, 2.75) is 46.5 Å². The Morgan fingerprint density at radius 1 is 1.24 bits per heavy atom. The summed E-state index contributed by atoms with van der Waals surface area (Å²) in [5.41, 5.74) is 5.45. The van der Waals surface area contributed by atoms with Crippen LogP contribution in [0.25, 0.3) is 5.65 Å². The molecule has 0 radical (unpaired) electrons. The normalized spacial score (nSPS) is 11.2. The average molecular weight is 335 g/mol. The topological polar surface area (TPSA) is 46.4 Å². The minimum absolute atomic E-state index is 0.104. The SMILES string of the molecule is CCCc1nc2cc(C)ccn2c1C(=O)Nc1ccccc1C(C)C. The number of carbonyl (C=O) groups excluding carboxylic acids is 1. The van der Waals surface area contributed by atoms with Crippen molar-refractivity contribution in [3.05, 3.63) is 65.1 Å². The molecule has 0 fully saturated rings. The molecular formula is C21H25N3O. The fraction of sp³-hybridized carbons (Fsp3) is 0.333. The lowest BCUT2D eigenvalue weighted by Crippen LogP contribution is -2.17. The lowest BCUT2D eigenvalue weighted by molar-refractivity contribution is 0.102. The summed E-state index contributed by atoms with van der Waals surface area (Å²) in [4.78, 5) is 17.8. The molecule has 25 heavy (non-hydrogen) atoms. The highest BCUT2D eigenvalue weighted by atomic mass is 16.2. The van der Waals surface area contributed by atoms with Crippen LogP contribution in [0.15, 0.2) is 42.6 Å². The highest BCUT2D eigenvalue weighted by Crippen LogP contribution is 2.25. The lowest BCUT2D eigenvalue weighted by Gasteiger charge is -2.14. The predicted octanol–water partition coefficient (Wildman–Crippen LogP) is 4.97. The lowest BCUT2D eigenvalue weighted by atomic mass is 10.0. The van der Waals surface area contributed by atoms with Crippen molar-refractivity contribution in [1.82, 2.24) is 9.38 Å². The van der Waals surface area contributed by atoms with Gasteiger partial charge in [-0.25, -0.2) is 4.98 Å². The van der Waals surface area contributed by atoms with Crippen LogP contribution >= 0.6 is 0 Å². The number of amides is 1. The summed E-state index contributed by atoms with van der Waals surface area (Å²) in [6, 6.07) is 12.0. The Kier molecular flexibility index (Phi) is 4.88. The third kappa shape index (κ3) is 3.43. The summed E-state index contributed by atoms with van der Waals surface area (Å²) < 4.78 is 1.89. The summed E-state index contributed by atoms with van der Waals surface area (Å²) in [6.45, 7) is 8.40. The van der Waals surface area contributed by atoms with Gasteiger partial charge in [-0.05, 0) is 48.6 Å². The van der Waals surface area contributed by atoms with Crippen LogP contribution in [0.4, 0.5) is 5.69 Å². The number of aryl methyl sites for hydroxylation is 2. The molecule has 0 bridgehead atoms. The Morgan fingerprint density at radius 3 is 2.72 bits per heavy atom. The molecular weight excluding hydrogens is 310 g/mol. The number of anilines is 1. The molecule has 3 aromatic rings. The number of para-hydroxylation sites is 1. The van der Waals surface area contributed by atoms with E-state index in [0.29, 0.717) is 11.6 Å². The number of fused-ring (bicyclic) bond motifs is 1. The van der Waals surface area contributed by atoms with Crippen molar-refractivity contribution < 1.29 is 4.79 Å². The van der Waals surface area contributed by atoms with Crippen LogP contribution in [0.2, 0.25) is 0 Å².